The highest BCUT2D eigenvalue weighted by atomic mass is 35.5. The molecule has 0 spiro atoms. The Balaban J connectivity index is 1.74. The van der Waals surface area contributed by atoms with Gasteiger partial charge in [-0.25, -0.2) is 4.68 Å². The van der Waals surface area contributed by atoms with Crippen LogP contribution in [0.2, 0.25) is 5.02 Å². The number of carbonyl (C=O) groups excluding carboxylic acids is 2. The smallest absolute Gasteiger partial charge is 0.274 e. The van der Waals surface area contributed by atoms with Gasteiger partial charge in [0.05, 0.1) is 24.2 Å². The first-order valence-corrected chi connectivity index (χ1v) is 10.5. The molecular formula is C25H21ClN4O3. The van der Waals surface area contributed by atoms with Gasteiger partial charge in [0.2, 0.25) is 5.91 Å². The van der Waals surface area contributed by atoms with Crippen molar-refractivity contribution >= 4 is 34.8 Å². The fourth-order valence-corrected chi connectivity index (χ4v) is 3.47. The highest BCUT2D eigenvalue weighted by molar-refractivity contribution is 6.30. The summed E-state index contributed by atoms with van der Waals surface area (Å²) in [5, 5.41) is 10.9. The number of aromatic nitrogens is 2. The maximum Gasteiger partial charge on any atom is 0.274 e. The largest absolute Gasteiger partial charge is 0.495 e. The molecule has 4 aromatic rings. The maximum atomic E-state index is 13.4. The molecule has 0 fully saturated rings. The number of rotatable bonds is 6. The molecular weight excluding hydrogens is 440 g/mol. The van der Waals surface area contributed by atoms with E-state index in [1.807, 2.05) is 42.5 Å². The second-order valence-electron chi connectivity index (χ2n) is 7.22. The van der Waals surface area contributed by atoms with E-state index in [0.717, 1.165) is 11.3 Å². The Kier molecular flexibility index (Phi) is 6.42. The predicted molar refractivity (Wildman–Crippen MR) is 129 cm³/mol. The van der Waals surface area contributed by atoms with Gasteiger partial charge in [0.25, 0.3) is 5.91 Å². The van der Waals surface area contributed by atoms with Crippen molar-refractivity contribution in [3.63, 3.8) is 0 Å². The summed E-state index contributed by atoms with van der Waals surface area (Å²) in [4.78, 5) is 24.8. The fraction of sp³-hybridized carbons (Fsp3) is 0.0800. The minimum atomic E-state index is -0.384. The zero-order valence-corrected chi connectivity index (χ0v) is 18.8. The lowest BCUT2D eigenvalue weighted by atomic mass is 10.1. The number of hydrogen-bond acceptors (Lipinski definition) is 4. The zero-order chi connectivity index (χ0) is 23.4. The number of carbonyl (C=O) groups is 2. The Bertz CT molecular complexity index is 1300. The minimum Gasteiger partial charge on any atom is -0.495 e. The summed E-state index contributed by atoms with van der Waals surface area (Å²) < 4.78 is 6.97. The number of benzene rings is 3. The number of ether oxygens (including phenoxy) is 1. The van der Waals surface area contributed by atoms with E-state index in [2.05, 4.69) is 15.7 Å². The number of para-hydroxylation sites is 1. The van der Waals surface area contributed by atoms with Crippen molar-refractivity contribution in [2.24, 2.45) is 0 Å². The van der Waals surface area contributed by atoms with Crippen LogP contribution < -0.4 is 15.4 Å². The summed E-state index contributed by atoms with van der Waals surface area (Å²) >= 11 is 6.02. The second kappa shape index (κ2) is 9.58. The molecule has 0 aliphatic rings. The molecule has 0 bridgehead atoms. The molecule has 0 atom stereocenters. The molecule has 0 aliphatic heterocycles. The van der Waals surface area contributed by atoms with Gasteiger partial charge < -0.3 is 15.4 Å². The van der Waals surface area contributed by atoms with Crippen LogP contribution in [-0.4, -0.2) is 28.7 Å². The third kappa shape index (κ3) is 5.05. The second-order valence-corrected chi connectivity index (χ2v) is 7.66. The maximum absolute atomic E-state index is 13.4. The summed E-state index contributed by atoms with van der Waals surface area (Å²) in [6, 6.07) is 23.4. The van der Waals surface area contributed by atoms with Crippen molar-refractivity contribution < 1.29 is 14.3 Å². The normalized spacial score (nSPS) is 10.5. The van der Waals surface area contributed by atoms with Gasteiger partial charge in [-0.1, -0.05) is 41.9 Å². The van der Waals surface area contributed by atoms with Gasteiger partial charge in [0.15, 0.2) is 0 Å². The first kappa shape index (κ1) is 22.1. The third-order valence-electron chi connectivity index (χ3n) is 4.85. The van der Waals surface area contributed by atoms with Crippen molar-refractivity contribution in [3.8, 4) is 22.7 Å². The molecule has 3 aromatic carbocycles. The number of hydrogen-bond donors (Lipinski definition) is 2. The Morgan fingerprint density at radius 1 is 0.939 bits per heavy atom. The number of amides is 2. The molecule has 4 rings (SSSR count). The number of nitrogens with one attached hydrogen (secondary N) is 2. The van der Waals surface area contributed by atoms with Gasteiger partial charge in [-0.2, -0.15) is 5.10 Å². The lowest BCUT2D eigenvalue weighted by Crippen LogP contribution is -2.17. The van der Waals surface area contributed by atoms with E-state index in [1.165, 1.54) is 14.0 Å². The van der Waals surface area contributed by atoms with Crippen molar-refractivity contribution in [2.75, 3.05) is 17.7 Å². The van der Waals surface area contributed by atoms with Gasteiger partial charge in [0.1, 0.15) is 11.4 Å². The summed E-state index contributed by atoms with van der Waals surface area (Å²) in [5.74, 6) is -0.141. The van der Waals surface area contributed by atoms with Crippen molar-refractivity contribution in [3.05, 3.63) is 89.6 Å². The van der Waals surface area contributed by atoms with Gasteiger partial charge >= 0.3 is 0 Å². The Morgan fingerprint density at radius 3 is 2.33 bits per heavy atom. The number of anilines is 2. The van der Waals surface area contributed by atoms with Crippen LogP contribution in [0.15, 0.2) is 78.9 Å². The monoisotopic (exact) mass is 460 g/mol. The average Bonchev–Trinajstić information content (AvgIpc) is 3.26. The molecule has 33 heavy (non-hydrogen) atoms. The molecule has 0 saturated heterocycles. The summed E-state index contributed by atoms with van der Waals surface area (Å²) in [6.45, 7) is 1.42. The number of methoxy groups -OCH3 is 1. The molecule has 7 nitrogen and oxygen atoms in total. The molecule has 2 N–H and O–H groups in total. The molecule has 2 amide bonds. The summed E-state index contributed by atoms with van der Waals surface area (Å²) in [5.41, 5.74) is 3.48. The molecule has 0 saturated carbocycles. The Morgan fingerprint density at radius 2 is 1.67 bits per heavy atom. The van der Waals surface area contributed by atoms with E-state index in [-0.39, 0.29) is 11.8 Å². The standard InChI is InChI=1S/C25H21ClN4O3/c1-16(31)27-19-12-13-24(33-2)22(14-19)28-25(32)23-15-21(17-8-10-18(26)11-9-17)29-30(23)20-6-4-3-5-7-20/h3-15H,1-2H3,(H,27,31)(H,28,32). The lowest BCUT2D eigenvalue weighted by molar-refractivity contribution is -0.114. The first-order valence-electron chi connectivity index (χ1n) is 10.1. The predicted octanol–water partition coefficient (Wildman–Crippen LogP) is 5.41. The van der Waals surface area contributed by atoms with Crippen LogP contribution in [0.5, 0.6) is 5.75 Å². The molecule has 0 radical (unpaired) electrons. The molecule has 0 aliphatic carbocycles. The van der Waals surface area contributed by atoms with Gasteiger partial charge in [-0.3, -0.25) is 9.59 Å². The SMILES string of the molecule is COc1ccc(NC(C)=O)cc1NC(=O)c1cc(-c2ccc(Cl)cc2)nn1-c1ccccc1. The van der Waals surface area contributed by atoms with Crippen LogP contribution in [0.25, 0.3) is 16.9 Å². The summed E-state index contributed by atoms with van der Waals surface area (Å²) in [7, 11) is 1.51. The Labute approximate surface area is 196 Å². The molecule has 8 heteroatoms. The summed E-state index contributed by atoms with van der Waals surface area (Å²) in [6.07, 6.45) is 0. The molecule has 166 valence electrons. The van der Waals surface area contributed by atoms with Crippen molar-refractivity contribution in [1.82, 2.24) is 9.78 Å². The van der Waals surface area contributed by atoms with Crippen LogP contribution in [-0.2, 0) is 4.79 Å². The van der Waals surface area contributed by atoms with Crippen LogP contribution in [0.1, 0.15) is 17.4 Å². The highest BCUT2D eigenvalue weighted by Gasteiger charge is 2.19. The van der Waals surface area contributed by atoms with Crippen molar-refractivity contribution in [1.29, 1.82) is 0 Å². The number of nitrogens with zero attached hydrogens (tertiary/aromatic N) is 2. The van der Waals surface area contributed by atoms with E-state index >= 15 is 0 Å². The number of halogens is 1. The first-order chi connectivity index (χ1) is 15.9. The van der Waals surface area contributed by atoms with Gasteiger partial charge in [-0.15, -0.1) is 0 Å². The van der Waals surface area contributed by atoms with Crippen LogP contribution >= 0.6 is 11.6 Å². The van der Waals surface area contributed by atoms with Gasteiger partial charge in [-0.05, 0) is 48.5 Å². The van der Waals surface area contributed by atoms with E-state index in [1.54, 1.807) is 41.1 Å². The lowest BCUT2D eigenvalue weighted by Gasteiger charge is -2.13. The highest BCUT2D eigenvalue weighted by Crippen LogP contribution is 2.29. The van der Waals surface area contributed by atoms with Crippen LogP contribution in [0.3, 0.4) is 0 Å². The quantitative estimate of drug-likeness (QED) is 0.402. The van der Waals surface area contributed by atoms with E-state index in [4.69, 9.17) is 16.3 Å². The molecule has 1 aromatic heterocycles. The minimum absolute atomic E-state index is 0.216. The molecule has 0 unspecified atom stereocenters. The molecule has 1 heterocycles. The van der Waals surface area contributed by atoms with E-state index in [9.17, 15) is 9.59 Å². The van der Waals surface area contributed by atoms with Gasteiger partial charge in [0, 0.05) is 23.2 Å². The topological polar surface area (TPSA) is 85.2 Å². The van der Waals surface area contributed by atoms with Crippen LogP contribution in [0, 0.1) is 0 Å². The zero-order valence-electron chi connectivity index (χ0n) is 18.0. The third-order valence-corrected chi connectivity index (χ3v) is 5.10. The van der Waals surface area contributed by atoms with Crippen molar-refractivity contribution in [2.45, 2.75) is 6.92 Å². The Hall–Kier alpha value is -4.10. The van der Waals surface area contributed by atoms with Crippen LogP contribution in [0.4, 0.5) is 11.4 Å². The van der Waals surface area contributed by atoms with E-state index < -0.39 is 0 Å². The average molecular weight is 461 g/mol. The fourth-order valence-electron chi connectivity index (χ4n) is 3.34. The van der Waals surface area contributed by atoms with E-state index in [0.29, 0.717) is 33.5 Å².